The molecule has 1 aromatic heterocycles. The minimum Gasteiger partial charge on any atom is -0.379 e. The van der Waals surface area contributed by atoms with Crippen LogP contribution in [0.15, 0.2) is 63.9 Å². The second kappa shape index (κ2) is 9.05. The van der Waals surface area contributed by atoms with E-state index in [4.69, 9.17) is 4.74 Å². The van der Waals surface area contributed by atoms with Gasteiger partial charge < -0.3 is 4.74 Å². The van der Waals surface area contributed by atoms with E-state index in [-0.39, 0.29) is 4.90 Å². The molecule has 0 radical (unpaired) electrons. The lowest BCUT2D eigenvalue weighted by Crippen LogP contribution is -2.40. The molecule has 3 aromatic rings. The topological polar surface area (TPSA) is 83.9 Å². The van der Waals surface area contributed by atoms with Crippen LogP contribution in [0.4, 0.5) is 5.13 Å². The first-order valence-corrected chi connectivity index (χ1v) is 11.8. The van der Waals surface area contributed by atoms with Gasteiger partial charge >= 0.3 is 0 Å². The fraction of sp³-hybridized carbons (Fsp3) is 0.238. The van der Waals surface area contributed by atoms with Crippen molar-refractivity contribution in [3.8, 4) is 11.3 Å². The highest BCUT2D eigenvalue weighted by Crippen LogP contribution is 2.28. The molecule has 9 heteroatoms. The van der Waals surface area contributed by atoms with Gasteiger partial charge in [-0.1, -0.05) is 42.0 Å². The van der Waals surface area contributed by atoms with Gasteiger partial charge in [0.05, 0.1) is 30.0 Å². The predicted octanol–water partition coefficient (Wildman–Crippen LogP) is 3.59. The molecule has 7 nitrogen and oxygen atoms in total. The van der Waals surface area contributed by atoms with Crippen LogP contribution in [0.3, 0.4) is 0 Å². The average Bonchev–Trinajstić information content (AvgIpc) is 3.25. The molecule has 0 saturated carbocycles. The second-order valence-corrected chi connectivity index (χ2v) is 9.66. The molecule has 1 aliphatic heterocycles. The smallest absolute Gasteiger partial charge is 0.243 e. The summed E-state index contributed by atoms with van der Waals surface area (Å²) >= 11 is 1.41. The Morgan fingerprint density at radius 2 is 1.93 bits per heavy atom. The van der Waals surface area contributed by atoms with E-state index in [1.807, 2.05) is 42.6 Å². The number of nitrogens with zero attached hydrogens (tertiary/aromatic N) is 3. The number of ether oxygens (including phenoxy) is 1. The van der Waals surface area contributed by atoms with Gasteiger partial charge in [0.25, 0.3) is 0 Å². The standard InChI is InChI=1S/C21H22N4O3S2/c1-16-5-7-17(8-6-16)14-22-24-21-23-20(15-29-21)18-3-2-4-19(13-18)30(26,27)25-9-11-28-12-10-25/h2-8,13-15H,9-12H2,1H3,(H,23,24)/b22-14+. The number of sulfonamides is 1. The molecule has 1 fully saturated rings. The van der Waals surface area contributed by atoms with Crippen molar-refractivity contribution in [2.75, 3.05) is 31.7 Å². The summed E-state index contributed by atoms with van der Waals surface area (Å²) in [4.78, 5) is 4.79. The normalized spacial score (nSPS) is 15.5. The van der Waals surface area contributed by atoms with Crippen LogP contribution in [0, 0.1) is 6.92 Å². The first-order valence-electron chi connectivity index (χ1n) is 9.52. The van der Waals surface area contributed by atoms with Gasteiger partial charge in [0.15, 0.2) is 0 Å². The molecule has 1 N–H and O–H groups in total. The summed E-state index contributed by atoms with van der Waals surface area (Å²) in [6.07, 6.45) is 1.73. The van der Waals surface area contributed by atoms with Gasteiger partial charge in [0.2, 0.25) is 15.2 Å². The second-order valence-electron chi connectivity index (χ2n) is 6.86. The van der Waals surface area contributed by atoms with E-state index in [2.05, 4.69) is 15.5 Å². The summed E-state index contributed by atoms with van der Waals surface area (Å²) in [5, 5.41) is 6.74. The molecule has 0 amide bonds. The van der Waals surface area contributed by atoms with E-state index in [9.17, 15) is 8.42 Å². The van der Waals surface area contributed by atoms with E-state index in [0.29, 0.717) is 37.1 Å². The van der Waals surface area contributed by atoms with E-state index < -0.39 is 10.0 Å². The van der Waals surface area contributed by atoms with Crippen LogP contribution in [0.1, 0.15) is 11.1 Å². The van der Waals surface area contributed by atoms with Crippen LogP contribution >= 0.6 is 11.3 Å². The van der Waals surface area contributed by atoms with Gasteiger partial charge in [0, 0.05) is 24.0 Å². The van der Waals surface area contributed by atoms with Crippen LogP contribution in [-0.2, 0) is 14.8 Å². The molecule has 2 heterocycles. The molecule has 0 atom stereocenters. The van der Waals surface area contributed by atoms with Gasteiger partial charge in [-0.15, -0.1) is 11.3 Å². The molecular weight excluding hydrogens is 420 g/mol. The maximum Gasteiger partial charge on any atom is 0.243 e. The molecule has 1 aliphatic rings. The Morgan fingerprint density at radius 3 is 2.70 bits per heavy atom. The third-order valence-electron chi connectivity index (χ3n) is 4.69. The first kappa shape index (κ1) is 20.7. The fourth-order valence-electron chi connectivity index (χ4n) is 3.02. The molecule has 0 bridgehead atoms. The van der Waals surface area contributed by atoms with Gasteiger partial charge in [-0.3, -0.25) is 5.43 Å². The number of hydrogen-bond acceptors (Lipinski definition) is 7. The number of morpholine rings is 1. The zero-order valence-corrected chi connectivity index (χ0v) is 18.1. The van der Waals surface area contributed by atoms with Crippen molar-refractivity contribution in [1.29, 1.82) is 0 Å². The third-order valence-corrected chi connectivity index (χ3v) is 7.33. The molecule has 0 unspecified atom stereocenters. The lowest BCUT2D eigenvalue weighted by atomic mass is 10.2. The number of rotatable bonds is 6. The number of aromatic nitrogens is 1. The fourth-order valence-corrected chi connectivity index (χ4v) is 5.15. The zero-order chi connectivity index (χ0) is 21.0. The molecule has 0 aliphatic carbocycles. The van der Waals surface area contributed by atoms with Crippen molar-refractivity contribution in [3.63, 3.8) is 0 Å². The largest absolute Gasteiger partial charge is 0.379 e. The lowest BCUT2D eigenvalue weighted by molar-refractivity contribution is 0.0730. The molecule has 2 aromatic carbocycles. The molecule has 0 spiro atoms. The van der Waals surface area contributed by atoms with Crippen LogP contribution in [-0.4, -0.2) is 50.2 Å². The maximum atomic E-state index is 12.9. The van der Waals surface area contributed by atoms with Crippen molar-refractivity contribution in [2.24, 2.45) is 5.10 Å². The molecule has 4 rings (SSSR count). The van der Waals surface area contributed by atoms with Crippen LogP contribution in [0.25, 0.3) is 11.3 Å². The van der Waals surface area contributed by atoms with E-state index in [1.165, 1.54) is 21.2 Å². The Labute approximate surface area is 180 Å². The Morgan fingerprint density at radius 1 is 1.17 bits per heavy atom. The van der Waals surface area contributed by atoms with Gasteiger partial charge in [-0.2, -0.15) is 9.41 Å². The number of nitrogens with one attached hydrogen (secondary N) is 1. The lowest BCUT2D eigenvalue weighted by Gasteiger charge is -2.26. The van der Waals surface area contributed by atoms with Gasteiger partial charge in [-0.05, 0) is 24.6 Å². The summed E-state index contributed by atoms with van der Waals surface area (Å²) in [6, 6.07) is 14.9. The number of aryl methyl sites for hydroxylation is 1. The summed E-state index contributed by atoms with van der Waals surface area (Å²) in [6.45, 7) is 3.62. The number of hydrogen-bond donors (Lipinski definition) is 1. The van der Waals surface area contributed by atoms with Gasteiger partial charge in [-0.25, -0.2) is 13.4 Å². The Hall–Kier alpha value is -2.59. The minimum atomic E-state index is -3.54. The molecule has 156 valence electrons. The molecular formula is C21H22N4O3S2. The molecule has 30 heavy (non-hydrogen) atoms. The Balaban J connectivity index is 1.48. The highest BCUT2D eigenvalue weighted by atomic mass is 32.2. The predicted molar refractivity (Wildman–Crippen MR) is 120 cm³/mol. The van der Waals surface area contributed by atoms with Crippen molar-refractivity contribution in [3.05, 3.63) is 65.0 Å². The summed E-state index contributed by atoms with van der Waals surface area (Å²) in [5.74, 6) is 0. The van der Waals surface area contributed by atoms with Crippen molar-refractivity contribution >= 4 is 32.7 Å². The summed E-state index contributed by atoms with van der Waals surface area (Å²) in [5.41, 5.74) is 6.57. The Kier molecular flexibility index (Phi) is 6.24. The number of benzene rings is 2. The van der Waals surface area contributed by atoms with E-state index in [1.54, 1.807) is 24.4 Å². The highest BCUT2D eigenvalue weighted by molar-refractivity contribution is 7.89. The summed E-state index contributed by atoms with van der Waals surface area (Å²) in [7, 11) is -3.54. The number of anilines is 1. The Bertz CT molecular complexity index is 1140. The number of hydrazone groups is 1. The average molecular weight is 443 g/mol. The first-order chi connectivity index (χ1) is 14.5. The van der Waals surface area contributed by atoms with Crippen LogP contribution in [0.2, 0.25) is 0 Å². The number of thiazole rings is 1. The van der Waals surface area contributed by atoms with Crippen LogP contribution in [0.5, 0.6) is 0 Å². The monoisotopic (exact) mass is 442 g/mol. The van der Waals surface area contributed by atoms with E-state index in [0.717, 1.165) is 11.1 Å². The zero-order valence-electron chi connectivity index (χ0n) is 16.5. The molecule has 1 saturated heterocycles. The minimum absolute atomic E-state index is 0.266. The van der Waals surface area contributed by atoms with Crippen molar-refractivity contribution < 1.29 is 13.2 Å². The maximum absolute atomic E-state index is 12.9. The quantitative estimate of drug-likeness (QED) is 0.466. The van der Waals surface area contributed by atoms with E-state index >= 15 is 0 Å². The van der Waals surface area contributed by atoms with Crippen molar-refractivity contribution in [1.82, 2.24) is 9.29 Å². The summed E-state index contributed by atoms with van der Waals surface area (Å²) < 4.78 is 32.5. The SMILES string of the molecule is Cc1ccc(/C=N/Nc2nc(-c3cccc(S(=O)(=O)N4CCOCC4)c3)cs2)cc1. The van der Waals surface area contributed by atoms with Crippen LogP contribution < -0.4 is 5.43 Å². The van der Waals surface area contributed by atoms with Crippen molar-refractivity contribution in [2.45, 2.75) is 11.8 Å². The third kappa shape index (κ3) is 4.76. The van der Waals surface area contributed by atoms with Gasteiger partial charge in [0.1, 0.15) is 0 Å². The highest BCUT2D eigenvalue weighted by Gasteiger charge is 2.26.